The number of benzene rings is 2. The van der Waals surface area contributed by atoms with E-state index < -0.39 is 11.7 Å². The van der Waals surface area contributed by atoms with Crippen molar-refractivity contribution in [3.8, 4) is 11.5 Å². The highest BCUT2D eigenvalue weighted by Gasteiger charge is 2.31. The van der Waals surface area contributed by atoms with Gasteiger partial charge in [-0.1, -0.05) is 30.7 Å². The molecule has 0 fully saturated rings. The molecule has 0 heterocycles. The SMILES string of the molecule is CCC(=S)OCc1cccc(Oc2ccc(C(F)(F)F)cc2Cl)c1. The molecule has 0 spiro atoms. The summed E-state index contributed by atoms with van der Waals surface area (Å²) in [5.41, 5.74) is 0.00131. The Bertz CT molecular complexity index is 732. The number of thiocarbonyl (C=S) groups is 1. The molecule has 0 aliphatic rings. The molecule has 0 saturated heterocycles. The Hall–Kier alpha value is -1.79. The van der Waals surface area contributed by atoms with Crippen LogP contribution in [0.2, 0.25) is 5.02 Å². The molecule has 2 aromatic rings. The molecule has 0 aromatic heterocycles. The van der Waals surface area contributed by atoms with Gasteiger partial charge in [-0.25, -0.2) is 0 Å². The van der Waals surface area contributed by atoms with Crippen molar-refractivity contribution in [3.05, 3.63) is 58.6 Å². The monoisotopic (exact) mass is 374 g/mol. The quantitative estimate of drug-likeness (QED) is 0.564. The molecule has 0 aliphatic carbocycles. The average molecular weight is 375 g/mol. The summed E-state index contributed by atoms with van der Waals surface area (Å²) in [5.74, 6) is 0.590. The number of ether oxygens (including phenoxy) is 2. The lowest BCUT2D eigenvalue weighted by molar-refractivity contribution is -0.137. The van der Waals surface area contributed by atoms with Gasteiger partial charge in [0.25, 0.3) is 0 Å². The van der Waals surface area contributed by atoms with E-state index in [-0.39, 0.29) is 10.8 Å². The van der Waals surface area contributed by atoms with Gasteiger partial charge in [0.15, 0.2) is 5.05 Å². The second-order valence-electron chi connectivity index (χ2n) is 4.91. The summed E-state index contributed by atoms with van der Waals surface area (Å²) in [5, 5.41) is 0.394. The zero-order valence-corrected chi connectivity index (χ0v) is 14.3. The van der Waals surface area contributed by atoms with Crippen molar-refractivity contribution < 1.29 is 22.6 Å². The predicted molar refractivity (Wildman–Crippen MR) is 90.6 cm³/mol. The standard InChI is InChI=1S/C17H14ClF3O2S/c1-2-16(24)22-10-11-4-3-5-13(8-11)23-15-7-6-12(9-14(15)18)17(19,20)21/h3-9H,2,10H2,1H3. The Kier molecular flexibility index (Phi) is 6.07. The van der Waals surface area contributed by atoms with Crippen LogP contribution in [-0.2, 0) is 17.5 Å². The van der Waals surface area contributed by atoms with E-state index in [4.69, 9.17) is 33.3 Å². The molecule has 128 valence electrons. The Labute approximate surface area is 148 Å². The minimum atomic E-state index is -4.45. The van der Waals surface area contributed by atoms with Gasteiger partial charge in [-0.2, -0.15) is 13.2 Å². The summed E-state index contributed by atoms with van der Waals surface area (Å²) >= 11 is 10.9. The minimum absolute atomic E-state index is 0.112. The second kappa shape index (κ2) is 7.85. The summed E-state index contributed by atoms with van der Waals surface area (Å²) in [7, 11) is 0. The van der Waals surface area contributed by atoms with Crippen LogP contribution < -0.4 is 4.74 Å². The summed E-state index contributed by atoms with van der Waals surface area (Å²) in [6, 6.07) is 9.93. The zero-order chi connectivity index (χ0) is 17.7. The van der Waals surface area contributed by atoms with Crippen LogP contribution in [-0.4, -0.2) is 5.05 Å². The van der Waals surface area contributed by atoms with E-state index in [1.807, 2.05) is 13.0 Å². The largest absolute Gasteiger partial charge is 0.482 e. The summed E-state index contributed by atoms with van der Waals surface area (Å²) in [6.45, 7) is 2.19. The summed E-state index contributed by atoms with van der Waals surface area (Å²) < 4.78 is 48.9. The fourth-order valence-corrected chi connectivity index (χ4v) is 2.13. The highest BCUT2D eigenvalue weighted by molar-refractivity contribution is 7.80. The van der Waals surface area contributed by atoms with Crippen LogP contribution in [0.15, 0.2) is 42.5 Å². The van der Waals surface area contributed by atoms with Crippen LogP contribution >= 0.6 is 23.8 Å². The van der Waals surface area contributed by atoms with Crippen LogP contribution in [0.3, 0.4) is 0 Å². The fraction of sp³-hybridized carbons (Fsp3) is 0.235. The van der Waals surface area contributed by atoms with Crippen molar-refractivity contribution in [2.75, 3.05) is 0 Å². The van der Waals surface area contributed by atoms with Crippen LogP contribution in [0.4, 0.5) is 13.2 Å². The molecule has 0 radical (unpaired) electrons. The topological polar surface area (TPSA) is 18.5 Å². The van der Waals surface area contributed by atoms with Gasteiger partial charge in [-0.05, 0) is 48.1 Å². The van der Waals surface area contributed by atoms with Crippen molar-refractivity contribution in [3.63, 3.8) is 0 Å². The van der Waals surface area contributed by atoms with Gasteiger partial charge < -0.3 is 9.47 Å². The third kappa shape index (κ3) is 5.11. The molecule has 0 aliphatic heterocycles. The number of hydrogen-bond donors (Lipinski definition) is 0. The Morgan fingerprint density at radius 2 is 1.92 bits per heavy atom. The van der Waals surface area contributed by atoms with Gasteiger partial charge in [-0.3, -0.25) is 0 Å². The molecule has 0 bridgehead atoms. The maximum atomic E-state index is 12.6. The van der Waals surface area contributed by atoms with E-state index in [0.29, 0.717) is 23.8 Å². The van der Waals surface area contributed by atoms with Gasteiger partial charge in [-0.15, -0.1) is 0 Å². The maximum Gasteiger partial charge on any atom is 0.416 e. The molecule has 0 amide bonds. The first-order valence-corrected chi connectivity index (χ1v) is 7.87. The molecule has 0 N–H and O–H groups in total. The summed E-state index contributed by atoms with van der Waals surface area (Å²) in [4.78, 5) is 0. The first-order valence-electron chi connectivity index (χ1n) is 7.08. The van der Waals surface area contributed by atoms with E-state index in [1.54, 1.807) is 18.2 Å². The number of halogens is 4. The Morgan fingerprint density at radius 1 is 1.17 bits per heavy atom. The van der Waals surface area contributed by atoms with Crippen molar-refractivity contribution in [1.29, 1.82) is 0 Å². The van der Waals surface area contributed by atoms with Gasteiger partial charge in [0, 0.05) is 6.42 Å². The smallest absolute Gasteiger partial charge is 0.416 e. The third-order valence-electron chi connectivity index (χ3n) is 3.07. The summed E-state index contributed by atoms with van der Waals surface area (Å²) in [6.07, 6.45) is -3.80. The van der Waals surface area contributed by atoms with E-state index in [0.717, 1.165) is 17.7 Å². The molecule has 0 unspecified atom stereocenters. The van der Waals surface area contributed by atoms with E-state index in [9.17, 15) is 13.2 Å². The Morgan fingerprint density at radius 3 is 2.54 bits per heavy atom. The van der Waals surface area contributed by atoms with Crippen molar-refractivity contribution in [2.24, 2.45) is 0 Å². The molecule has 24 heavy (non-hydrogen) atoms. The Balaban J connectivity index is 2.12. The number of hydrogen-bond acceptors (Lipinski definition) is 3. The van der Waals surface area contributed by atoms with Crippen LogP contribution in [0.25, 0.3) is 0 Å². The molecular weight excluding hydrogens is 361 g/mol. The van der Waals surface area contributed by atoms with Gasteiger partial charge >= 0.3 is 6.18 Å². The van der Waals surface area contributed by atoms with Crippen LogP contribution in [0, 0.1) is 0 Å². The molecule has 2 aromatic carbocycles. The van der Waals surface area contributed by atoms with Gasteiger partial charge in [0.1, 0.15) is 18.1 Å². The average Bonchev–Trinajstić information content (AvgIpc) is 2.54. The van der Waals surface area contributed by atoms with Crippen LogP contribution in [0.1, 0.15) is 24.5 Å². The first-order chi connectivity index (χ1) is 11.3. The predicted octanol–water partition coefficient (Wildman–Crippen LogP) is 6.41. The zero-order valence-electron chi connectivity index (χ0n) is 12.7. The fourth-order valence-electron chi connectivity index (χ4n) is 1.85. The second-order valence-corrected chi connectivity index (χ2v) is 5.77. The first kappa shape index (κ1) is 18.5. The van der Waals surface area contributed by atoms with Crippen molar-refractivity contribution in [2.45, 2.75) is 26.1 Å². The maximum absolute atomic E-state index is 12.6. The lowest BCUT2D eigenvalue weighted by Gasteiger charge is -2.12. The number of rotatable bonds is 5. The minimum Gasteiger partial charge on any atom is -0.482 e. The van der Waals surface area contributed by atoms with E-state index in [1.165, 1.54) is 6.07 Å². The van der Waals surface area contributed by atoms with Crippen molar-refractivity contribution >= 4 is 28.9 Å². The highest BCUT2D eigenvalue weighted by Crippen LogP contribution is 2.36. The molecule has 2 nitrogen and oxygen atoms in total. The lowest BCUT2D eigenvalue weighted by Crippen LogP contribution is -2.04. The van der Waals surface area contributed by atoms with E-state index >= 15 is 0 Å². The normalized spacial score (nSPS) is 11.2. The van der Waals surface area contributed by atoms with Gasteiger partial charge in [0.05, 0.1) is 10.6 Å². The lowest BCUT2D eigenvalue weighted by atomic mass is 10.2. The molecule has 7 heteroatoms. The molecule has 2 rings (SSSR count). The van der Waals surface area contributed by atoms with Crippen molar-refractivity contribution in [1.82, 2.24) is 0 Å². The highest BCUT2D eigenvalue weighted by atomic mass is 35.5. The van der Waals surface area contributed by atoms with Gasteiger partial charge in [0.2, 0.25) is 0 Å². The van der Waals surface area contributed by atoms with Crippen LogP contribution in [0.5, 0.6) is 11.5 Å². The number of alkyl halides is 3. The molecule has 0 atom stereocenters. The third-order valence-corrected chi connectivity index (χ3v) is 3.78. The molecular formula is C17H14ClF3O2S. The van der Waals surface area contributed by atoms with E-state index in [2.05, 4.69) is 0 Å². The molecule has 0 saturated carbocycles.